The number of hydrogen-bond acceptors (Lipinski definition) is 4. The van der Waals surface area contributed by atoms with E-state index in [0.29, 0.717) is 0 Å². The molecule has 1 N–H and O–H groups in total. The monoisotopic (exact) mass is 338 g/mol. The topological polar surface area (TPSA) is 47.3 Å². The van der Waals surface area contributed by atoms with Crippen LogP contribution in [0.5, 0.6) is 5.75 Å². The SMILES string of the molecule is CCNCCCc1ncc(-c2cc(OC)ccc2Br)o1. The van der Waals surface area contributed by atoms with Gasteiger partial charge in [-0.25, -0.2) is 4.98 Å². The van der Waals surface area contributed by atoms with Gasteiger partial charge in [0, 0.05) is 16.5 Å². The van der Waals surface area contributed by atoms with Crippen LogP contribution in [0.3, 0.4) is 0 Å². The number of methoxy groups -OCH3 is 1. The smallest absolute Gasteiger partial charge is 0.194 e. The number of rotatable bonds is 7. The van der Waals surface area contributed by atoms with Crippen molar-refractivity contribution in [2.75, 3.05) is 20.2 Å². The first kappa shape index (κ1) is 15.1. The molecule has 0 aliphatic heterocycles. The van der Waals surface area contributed by atoms with Crippen LogP contribution in [-0.4, -0.2) is 25.2 Å². The van der Waals surface area contributed by atoms with Gasteiger partial charge >= 0.3 is 0 Å². The Labute approximate surface area is 127 Å². The Kier molecular flexibility index (Phi) is 5.61. The van der Waals surface area contributed by atoms with Crippen molar-refractivity contribution in [1.82, 2.24) is 10.3 Å². The van der Waals surface area contributed by atoms with Crippen molar-refractivity contribution in [3.05, 3.63) is 34.8 Å². The lowest BCUT2D eigenvalue weighted by Crippen LogP contribution is -2.14. The van der Waals surface area contributed by atoms with Gasteiger partial charge in [0.25, 0.3) is 0 Å². The summed E-state index contributed by atoms with van der Waals surface area (Å²) >= 11 is 3.53. The minimum atomic E-state index is 0.759. The molecule has 2 aromatic rings. The van der Waals surface area contributed by atoms with Crippen molar-refractivity contribution in [2.45, 2.75) is 19.8 Å². The van der Waals surface area contributed by atoms with E-state index in [1.807, 2.05) is 18.2 Å². The fraction of sp³-hybridized carbons (Fsp3) is 0.400. The van der Waals surface area contributed by atoms with E-state index in [0.717, 1.165) is 53.4 Å². The molecule has 0 unspecified atom stereocenters. The predicted molar refractivity (Wildman–Crippen MR) is 83.1 cm³/mol. The second-order valence-corrected chi connectivity index (χ2v) is 5.28. The first-order valence-corrected chi connectivity index (χ1v) is 7.53. The molecule has 20 heavy (non-hydrogen) atoms. The number of aromatic nitrogens is 1. The van der Waals surface area contributed by atoms with E-state index in [2.05, 4.69) is 33.2 Å². The van der Waals surface area contributed by atoms with E-state index in [9.17, 15) is 0 Å². The molecule has 4 nitrogen and oxygen atoms in total. The zero-order chi connectivity index (χ0) is 14.4. The van der Waals surface area contributed by atoms with Gasteiger partial charge in [-0.15, -0.1) is 0 Å². The minimum Gasteiger partial charge on any atom is -0.497 e. The Balaban J connectivity index is 2.08. The highest BCUT2D eigenvalue weighted by molar-refractivity contribution is 9.10. The first-order chi connectivity index (χ1) is 9.74. The number of aryl methyl sites for hydroxylation is 1. The highest BCUT2D eigenvalue weighted by Gasteiger charge is 2.10. The zero-order valence-corrected chi connectivity index (χ0v) is 13.4. The van der Waals surface area contributed by atoms with E-state index in [1.165, 1.54) is 0 Å². The molecule has 0 aliphatic carbocycles. The molecule has 0 fully saturated rings. The molecule has 0 atom stereocenters. The third-order valence-electron chi connectivity index (χ3n) is 2.99. The summed E-state index contributed by atoms with van der Waals surface area (Å²) in [5.41, 5.74) is 0.954. The fourth-order valence-electron chi connectivity index (χ4n) is 1.91. The van der Waals surface area contributed by atoms with Crippen LogP contribution in [0.1, 0.15) is 19.2 Å². The van der Waals surface area contributed by atoms with E-state index in [-0.39, 0.29) is 0 Å². The molecule has 0 saturated carbocycles. The Bertz CT molecular complexity index is 555. The third kappa shape index (κ3) is 3.84. The van der Waals surface area contributed by atoms with Crippen molar-refractivity contribution in [2.24, 2.45) is 0 Å². The van der Waals surface area contributed by atoms with Gasteiger partial charge in [0.2, 0.25) is 0 Å². The van der Waals surface area contributed by atoms with Crippen LogP contribution in [0.2, 0.25) is 0 Å². The summed E-state index contributed by atoms with van der Waals surface area (Å²) in [4.78, 5) is 4.33. The molecule has 0 bridgehead atoms. The van der Waals surface area contributed by atoms with Crippen LogP contribution in [0, 0.1) is 0 Å². The molecule has 0 amide bonds. The molecule has 1 aromatic carbocycles. The Morgan fingerprint density at radius 1 is 1.40 bits per heavy atom. The van der Waals surface area contributed by atoms with Crippen LogP contribution in [0.25, 0.3) is 11.3 Å². The molecule has 0 saturated heterocycles. The van der Waals surface area contributed by atoms with Gasteiger partial charge in [0.1, 0.15) is 5.75 Å². The molecule has 5 heteroatoms. The number of ether oxygens (including phenoxy) is 1. The van der Waals surface area contributed by atoms with Gasteiger partial charge in [0.05, 0.1) is 13.3 Å². The summed E-state index contributed by atoms with van der Waals surface area (Å²) in [6.45, 7) is 4.08. The summed E-state index contributed by atoms with van der Waals surface area (Å²) in [5.74, 6) is 2.33. The van der Waals surface area contributed by atoms with Crippen LogP contribution in [-0.2, 0) is 6.42 Å². The Morgan fingerprint density at radius 2 is 2.25 bits per heavy atom. The molecule has 108 valence electrons. The quantitative estimate of drug-likeness (QED) is 0.782. The average molecular weight is 339 g/mol. The standard InChI is InChI=1S/C15H19BrN2O2/c1-3-17-8-4-5-15-18-10-14(20-15)12-9-11(19-2)6-7-13(12)16/h6-7,9-10,17H,3-5,8H2,1-2H3. The van der Waals surface area contributed by atoms with Gasteiger partial charge in [-0.1, -0.05) is 22.9 Å². The molecule has 0 spiro atoms. The molecule has 1 aromatic heterocycles. The van der Waals surface area contributed by atoms with E-state index in [1.54, 1.807) is 13.3 Å². The van der Waals surface area contributed by atoms with E-state index < -0.39 is 0 Å². The number of nitrogens with one attached hydrogen (secondary N) is 1. The van der Waals surface area contributed by atoms with Crippen molar-refractivity contribution in [3.8, 4) is 17.1 Å². The van der Waals surface area contributed by atoms with Crippen molar-refractivity contribution in [3.63, 3.8) is 0 Å². The molecule has 0 aliphatic rings. The highest BCUT2D eigenvalue weighted by Crippen LogP contribution is 2.32. The van der Waals surface area contributed by atoms with E-state index >= 15 is 0 Å². The molecular weight excluding hydrogens is 320 g/mol. The highest BCUT2D eigenvalue weighted by atomic mass is 79.9. The lowest BCUT2D eigenvalue weighted by atomic mass is 10.2. The summed E-state index contributed by atoms with van der Waals surface area (Å²) in [5, 5.41) is 3.29. The molecular formula is C15H19BrN2O2. The Hall–Kier alpha value is -1.33. The van der Waals surface area contributed by atoms with E-state index in [4.69, 9.17) is 9.15 Å². The average Bonchev–Trinajstić information content (AvgIpc) is 2.93. The lowest BCUT2D eigenvalue weighted by Gasteiger charge is -2.04. The normalized spacial score (nSPS) is 10.8. The van der Waals surface area contributed by atoms with Crippen molar-refractivity contribution in [1.29, 1.82) is 0 Å². The number of nitrogens with zero attached hydrogens (tertiary/aromatic N) is 1. The maximum absolute atomic E-state index is 5.81. The second-order valence-electron chi connectivity index (χ2n) is 4.42. The first-order valence-electron chi connectivity index (χ1n) is 6.74. The maximum atomic E-state index is 5.81. The number of halogens is 1. The summed E-state index contributed by atoms with van der Waals surface area (Å²) in [6.07, 6.45) is 3.63. The summed E-state index contributed by atoms with van der Waals surface area (Å²) in [7, 11) is 1.65. The van der Waals surface area contributed by atoms with Crippen LogP contribution < -0.4 is 10.1 Å². The number of benzene rings is 1. The van der Waals surface area contributed by atoms with Crippen LogP contribution >= 0.6 is 15.9 Å². The number of oxazole rings is 1. The van der Waals surface area contributed by atoms with Gasteiger partial charge in [-0.05, 0) is 37.7 Å². The van der Waals surface area contributed by atoms with Gasteiger partial charge < -0.3 is 14.5 Å². The minimum absolute atomic E-state index is 0.759. The largest absolute Gasteiger partial charge is 0.497 e. The second kappa shape index (κ2) is 7.45. The maximum Gasteiger partial charge on any atom is 0.194 e. The van der Waals surface area contributed by atoms with Gasteiger partial charge in [-0.3, -0.25) is 0 Å². The van der Waals surface area contributed by atoms with Crippen LogP contribution in [0.15, 0.2) is 33.3 Å². The van der Waals surface area contributed by atoms with Crippen LogP contribution in [0.4, 0.5) is 0 Å². The van der Waals surface area contributed by atoms with Crippen molar-refractivity contribution < 1.29 is 9.15 Å². The zero-order valence-electron chi connectivity index (χ0n) is 11.8. The fourth-order valence-corrected chi connectivity index (χ4v) is 2.35. The lowest BCUT2D eigenvalue weighted by molar-refractivity contribution is 0.414. The molecule has 1 heterocycles. The third-order valence-corrected chi connectivity index (χ3v) is 3.68. The van der Waals surface area contributed by atoms with Crippen molar-refractivity contribution >= 4 is 15.9 Å². The van der Waals surface area contributed by atoms with Gasteiger partial charge in [-0.2, -0.15) is 0 Å². The predicted octanol–water partition coefficient (Wildman–Crippen LogP) is 3.65. The number of hydrogen-bond donors (Lipinski definition) is 1. The molecule has 0 radical (unpaired) electrons. The molecule has 2 rings (SSSR count). The Morgan fingerprint density at radius 3 is 3.00 bits per heavy atom. The summed E-state index contributed by atoms with van der Waals surface area (Å²) < 4.78 is 12.0. The summed E-state index contributed by atoms with van der Waals surface area (Å²) in [6, 6.07) is 5.79. The van der Waals surface area contributed by atoms with Gasteiger partial charge in [0.15, 0.2) is 11.7 Å².